The molecule has 0 spiro atoms. The number of hydrogen-bond acceptors (Lipinski definition) is 4. The van der Waals surface area contributed by atoms with Gasteiger partial charge in [-0.25, -0.2) is 0 Å². The molecular weight excluding hydrogens is 274 g/mol. The molecule has 22 heavy (non-hydrogen) atoms. The number of benzene rings is 1. The van der Waals surface area contributed by atoms with Gasteiger partial charge in [0.1, 0.15) is 5.75 Å². The minimum Gasteiger partial charge on any atom is -0.496 e. The van der Waals surface area contributed by atoms with Gasteiger partial charge in [-0.15, -0.1) is 0 Å². The van der Waals surface area contributed by atoms with Crippen molar-refractivity contribution < 1.29 is 4.74 Å². The molecule has 1 aromatic carbocycles. The second-order valence-corrected chi connectivity index (χ2v) is 5.68. The lowest BCUT2D eigenvalue weighted by atomic mass is 10.0. The number of methoxy groups -OCH3 is 1. The summed E-state index contributed by atoms with van der Waals surface area (Å²) in [5.74, 6) is 0.962. The monoisotopic (exact) mass is 297 g/mol. The first-order chi connectivity index (χ1) is 10.8. The summed E-state index contributed by atoms with van der Waals surface area (Å²) in [5.41, 5.74) is 3.66. The van der Waals surface area contributed by atoms with Crippen molar-refractivity contribution >= 4 is 0 Å². The first kappa shape index (κ1) is 15.0. The van der Waals surface area contributed by atoms with Crippen LogP contribution in [-0.2, 0) is 6.54 Å². The van der Waals surface area contributed by atoms with Gasteiger partial charge in [-0.05, 0) is 24.6 Å². The van der Waals surface area contributed by atoms with Gasteiger partial charge in [-0.3, -0.25) is 9.88 Å². The van der Waals surface area contributed by atoms with Crippen LogP contribution in [0.15, 0.2) is 42.6 Å². The predicted molar refractivity (Wildman–Crippen MR) is 88.0 cm³/mol. The largest absolute Gasteiger partial charge is 0.496 e. The highest BCUT2D eigenvalue weighted by molar-refractivity contribution is 5.36. The standard InChI is InChI=1S/C18H23N3O/c1-14-15(6-5-9-20-14)13-21-11-10-19-12-17(21)16-7-3-4-8-18(16)22-2/h3-9,17,19H,10-13H2,1-2H3. The lowest BCUT2D eigenvalue weighted by molar-refractivity contribution is 0.150. The van der Waals surface area contributed by atoms with Crippen molar-refractivity contribution in [3.63, 3.8) is 0 Å². The molecule has 0 saturated carbocycles. The Kier molecular flexibility index (Phi) is 4.71. The van der Waals surface area contributed by atoms with Crippen molar-refractivity contribution in [3.05, 3.63) is 59.4 Å². The van der Waals surface area contributed by atoms with Gasteiger partial charge in [0.15, 0.2) is 0 Å². The second kappa shape index (κ2) is 6.90. The number of ether oxygens (including phenoxy) is 1. The fourth-order valence-corrected chi connectivity index (χ4v) is 3.09. The van der Waals surface area contributed by atoms with Crippen molar-refractivity contribution in [2.75, 3.05) is 26.7 Å². The first-order valence-electron chi connectivity index (χ1n) is 7.78. The Labute approximate surface area is 132 Å². The Morgan fingerprint density at radius 3 is 2.95 bits per heavy atom. The quantitative estimate of drug-likeness (QED) is 0.941. The highest BCUT2D eigenvalue weighted by Gasteiger charge is 2.26. The lowest BCUT2D eigenvalue weighted by Gasteiger charge is -2.37. The number of rotatable bonds is 4. The Balaban J connectivity index is 1.87. The molecule has 1 aliphatic heterocycles. The summed E-state index contributed by atoms with van der Waals surface area (Å²) in [4.78, 5) is 6.92. The topological polar surface area (TPSA) is 37.4 Å². The van der Waals surface area contributed by atoms with Gasteiger partial charge in [-0.2, -0.15) is 0 Å². The third kappa shape index (κ3) is 3.13. The minimum atomic E-state index is 0.324. The lowest BCUT2D eigenvalue weighted by Crippen LogP contribution is -2.45. The van der Waals surface area contributed by atoms with Crippen molar-refractivity contribution in [2.45, 2.75) is 19.5 Å². The number of hydrogen-bond donors (Lipinski definition) is 1. The van der Waals surface area contributed by atoms with Crippen LogP contribution in [0.5, 0.6) is 5.75 Å². The van der Waals surface area contributed by atoms with Crippen LogP contribution in [0.4, 0.5) is 0 Å². The van der Waals surface area contributed by atoms with Gasteiger partial charge in [-0.1, -0.05) is 24.3 Å². The van der Waals surface area contributed by atoms with Crippen LogP contribution in [0.25, 0.3) is 0 Å². The van der Waals surface area contributed by atoms with Crippen LogP contribution in [0.2, 0.25) is 0 Å². The second-order valence-electron chi connectivity index (χ2n) is 5.68. The Morgan fingerprint density at radius 2 is 2.14 bits per heavy atom. The molecular formula is C18H23N3O. The molecule has 116 valence electrons. The fraction of sp³-hybridized carbons (Fsp3) is 0.389. The molecule has 1 N–H and O–H groups in total. The summed E-state index contributed by atoms with van der Waals surface area (Å²) in [6, 6.07) is 12.8. The average Bonchev–Trinajstić information content (AvgIpc) is 2.57. The van der Waals surface area contributed by atoms with Gasteiger partial charge >= 0.3 is 0 Å². The van der Waals surface area contributed by atoms with E-state index in [1.165, 1.54) is 11.1 Å². The van der Waals surface area contributed by atoms with Crippen LogP contribution in [0, 0.1) is 6.92 Å². The summed E-state index contributed by atoms with van der Waals surface area (Å²) >= 11 is 0. The van der Waals surface area contributed by atoms with E-state index in [1.54, 1.807) is 7.11 Å². The molecule has 2 aromatic rings. The average molecular weight is 297 g/mol. The Hall–Kier alpha value is -1.91. The van der Waals surface area contributed by atoms with Gasteiger partial charge in [0.2, 0.25) is 0 Å². The van der Waals surface area contributed by atoms with Gasteiger partial charge in [0.25, 0.3) is 0 Å². The SMILES string of the molecule is COc1ccccc1C1CNCCN1Cc1cccnc1C. The van der Waals surface area contributed by atoms with Crippen LogP contribution >= 0.6 is 0 Å². The van der Waals surface area contributed by atoms with Crippen molar-refractivity contribution in [1.82, 2.24) is 15.2 Å². The van der Waals surface area contributed by atoms with E-state index in [0.717, 1.165) is 37.6 Å². The molecule has 0 amide bonds. The highest BCUT2D eigenvalue weighted by atomic mass is 16.5. The summed E-state index contributed by atoms with van der Waals surface area (Å²) in [6.45, 7) is 5.99. The van der Waals surface area contributed by atoms with E-state index in [1.807, 2.05) is 24.4 Å². The molecule has 3 rings (SSSR count). The van der Waals surface area contributed by atoms with E-state index in [4.69, 9.17) is 4.74 Å². The molecule has 4 nitrogen and oxygen atoms in total. The van der Waals surface area contributed by atoms with E-state index < -0.39 is 0 Å². The fourth-order valence-electron chi connectivity index (χ4n) is 3.09. The van der Waals surface area contributed by atoms with Crippen molar-refractivity contribution in [1.29, 1.82) is 0 Å². The normalized spacial score (nSPS) is 19.1. The number of nitrogens with zero attached hydrogens (tertiary/aromatic N) is 2. The summed E-state index contributed by atoms with van der Waals surface area (Å²) in [7, 11) is 1.74. The van der Waals surface area contributed by atoms with E-state index in [9.17, 15) is 0 Å². The molecule has 0 bridgehead atoms. The van der Waals surface area contributed by atoms with Gasteiger partial charge in [0, 0.05) is 43.6 Å². The molecule has 0 radical (unpaired) electrons. The molecule has 4 heteroatoms. The minimum absolute atomic E-state index is 0.324. The first-order valence-corrected chi connectivity index (χ1v) is 7.78. The summed E-state index contributed by atoms with van der Waals surface area (Å²) in [6.07, 6.45) is 1.86. The van der Waals surface area contributed by atoms with Crippen molar-refractivity contribution in [3.8, 4) is 5.75 Å². The third-order valence-corrected chi connectivity index (χ3v) is 4.34. The molecule has 1 fully saturated rings. The maximum Gasteiger partial charge on any atom is 0.123 e. The number of pyridine rings is 1. The maximum absolute atomic E-state index is 5.55. The zero-order valence-electron chi connectivity index (χ0n) is 13.2. The van der Waals surface area contributed by atoms with E-state index in [2.05, 4.69) is 40.3 Å². The zero-order chi connectivity index (χ0) is 15.4. The number of nitrogens with one attached hydrogen (secondary N) is 1. The Morgan fingerprint density at radius 1 is 1.27 bits per heavy atom. The van der Waals surface area contributed by atoms with E-state index in [-0.39, 0.29) is 0 Å². The molecule has 1 saturated heterocycles. The molecule has 0 aliphatic carbocycles. The molecule has 2 heterocycles. The number of piperazine rings is 1. The molecule has 1 aromatic heterocycles. The van der Waals surface area contributed by atoms with Crippen LogP contribution in [0.3, 0.4) is 0 Å². The third-order valence-electron chi connectivity index (χ3n) is 4.34. The molecule has 1 atom stereocenters. The van der Waals surface area contributed by atoms with Crippen molar-refractivity contribution in [2.24, 2.45) is 0 Å². The number of aryl methyl sites for hydroxylation is 1. The van der Waals surface area contributed by atoms with Gasteiger partial charge < -0.3 is 10.1 Å². The van der Waals surface area contributed by atoms with Crippen LogP contribution in [-0.4, -0.2) is 36.6 Å². The molecule has 1 unspecified atom stereocenters. The summed E-state index contributed by atoms with van der Waals surface area (Å²) in [5, 5.41) is 3.50. The molecule has 1 aliphatic rings. The van der Waals surface area contributed by atoms with Gasteiger partial charge in [0.05, 0.1) is 13.2 Å². The number of aromatic nitrogens is 1. The smallest absolute Gasteiger partial charge is 0.123 e. The van der Waals surface area contributed by atoms with Crippen LogP contribution < -0.4 is 10.1 Å². The Bertz CT molecular complexity index is 629. The van der Waals surface area contributed by atoms with E-state index in [0.29, 0.717) is 6.04 Å². The maximum atomic E-state index is 5.55. The highest BCUT2D eigenvalue weighted by Crippen LogP contribution is 2.31. The van der Waals surface area contributed by atoms with E-state index >= 15 is 0 Å². The number of para-hydroxylation sites is 1. The zero-order valence-corrected chi connectivity index (χ0v) is 13.2. The van der Waals surface area contributed by atoms with Crippen LogP contribution in [0.1, 0.15) is 22.9 Å². The summed E-state index contributed by atoms with van der Waals surface area (Å²) < 4.78 is 5.55. The predicted octanol–water partition coefficient (Wildman–Crippen LogP) is 2.55.